The van der Waals surface area contributed by atoms with E-state index in [1.54, 1.807) is 26.6 Å². The van der Waals surface area contributed by atoms with Gasteiger partial charge in [0.2, 0.25) is 5.88 Å². The molecular formula is C15H21IN4O2. The molecule has 0 atom stereocenters. The first-order valence-corrected chi connectivity index (χ1v) is 6.77. The Balaban J connectivity index is 0.00000242. The van der Waals surface area contributed by atoms with Crippen LogP contribution >= 0.6 is 24.0 Å². The molecule has 120 valence electrons. The second-order valence-electron chi connectivity index (χ2n) is 4.39. The standard InChI is InChI=1S/C15H20N4O2.HI/c1-16-15(17-8-7-13-4-3-9-21-13)19-11-12-5-6-14(20-2)18-10-12;/h3-6,9-10H,7-8,11H2,1-2H3,(H2,16,17,19);1H. The van der Waals surface area contributed by atoms with Crippen molar-refractivity contribution < 1.29 is 9.15 Å². The number of pyridine rings is 1. The van der Waals surface area contributed by atoms with Crippen molar-refractivity contribution in [3.63, 3.8) is 0 Å². The van der Waals surface area contributed by atoms with Gasteiger partial charge in [-0.2, -0.15) is 0 Å². The number of ether oxygens (including phenoxy) is 1. The molecule has 0 saturated heterocycles. The number of hydrogen-bond donors (Lipinski definition) is 2. The van der Waals surface area contributed by atoms with Crippen LogP contribution in [0.1, 0.15) is 11.3 Å². The molecule has 0 radical (unpaired) electrons. The molecule has 2 aromatic rings. The molecule has 0 fully saturated rings. The van der Waals surface area contributed by atoms with Gasteiger partial charge in [0.1, 0.15) is 5.76 Å². The molecular weight excluding hydrogens is 395 g/mol. The van der Waals surface area contributed by atoms with Crippen LogP contribution in [-0.4, -0.2) is 31.6 Å². The van der Waals surface area contributed by atoms with E-state index in [1.165, 1.54) is 0 Å². The lowest BCUT2D eigenvalue weighted by atomic mass is 10.3. The smallest absolute Gasteiger partial charge is 0.212 e. The third kappa shape index (κ3) is 5.92. The molecule has 0 aliphatic heterocycles. The molecule has 0 spiro atoms. The van der Waals surface area contributed by atoms with E-state index >= 15 is 0 Å². The van der Waals surface area contributed by atoms with Crippen molar-refractivity contribution in [2.45, 2.75) is 13.0 Å². The first-order valence-electron chi connectivity index (χ1n) is 6.77. The van der Waals surface area contributed by atoms with Crippen LogP contribution in [0.4, 0.5) is 0 Å². The molecule has 2 heterocycles. The highest BCUT2D eigenvalue weighted by atomic mass is 127. The predicted octanol–water partition coefficient (Wildman–Crippen LogP) is 2.21. The quantitative estimate of drug-likeness (QED) is 0.429. The summed E-state index contributed by atoms with van der Waals surface area (Å²) in [6.07, 6.45) is 4.28. The first kappa shape index (κ1) is 18.3. The van der Waals surface area contributed by atoms with E-state index in [9.17, 15) is 0 Å². The lowest BCUT2D eigenvalue weighted by Gasteiger charge is -2.11. The summed E-state index contributed by atoms with van der Waals surface area (Å²) in [5.41, 5.74) is 1.06. The number of methoxy groups -OCH3 is 1. The number of hydrogen-bond acceptors (Lipinski definition) is 4. The van der Waals surface area contributed by atoms with E-state index in [4.69, 9.17) is 9.15 Å². The average Bonchev–Trinajstić information content (AvgIpc) is 3.04. The van der Waals surface area contributed by atoms with Crippen LogP contribution in [0.3, 0.4) is 0 Å². The maximum absolute atomic E-state index is 5.28. The van der Waals surface area contributed by atoms with Crippen molar-refractivity contribution >= 4 is 29.9 Å². The summed E-state index contributed by atoms with van der Waals surface area (Å²) >= 11 is 0. The van der Waals surface area contributed by atoms with Gasteiger partial charge in [0, 0.05) is 38.8 Å². The van der Waals surface area contributed by atoms with Gasteiger partial charge < -0.3 is 19.8 Å². The van der Waals surface area contributed by atoms with Crippen LogP contribution in [0.2, 0.25) is 0 Å². The molecule has 22 heavy (non-hydrogen) atoms. The Kier molecular flexibility index (Phi) is 8.34. The Morgan fingerprint density at radius 2 is 2.18 bits per heavy atom. The maximum atomic E-state index is 5.28. The normalized spacial score (nSPS) is 10.7. The Morgan fingerprint density at radius 3 is 2.77 bits per heavy atom. The summed E-state index contributed by atoms with van der Waals surface area (Å²) in [5.74, 6) is 2.31. The minimum absolute atomic E-state index is 0. The molecule has 0 saturated carbocycles. The van der Waals surface area contributed by atoms with Crippen molar-refractivity contribution in [2.24, 2.45) is 4.99 Å². The van der Waals surface area contributed by atoms with Crippen molar-refractivity contribution in [2.75, 3.05) is 20.7 Å². The van der Waals surface area contributed by atoms with E-state index < -0.39 is 0 Å². The van der Waals surface area contributed by atoms with Gasteiger partial charge in [0.25, 0.3) is 0 Å². The van der Waals surface area contributed by atoms with Crippen LogP contribution in [0.5, 0.6) is 5.88 Å². The highest BCUT2D eigenvalue weighted by molar-refractivity contribution is 14.0. The number of furan rings is 1. The maximum Gasteiger partial charge on any atom is 0.212 e. The van der Waals surface area contributed by atoms with Crippen LogP contribution in [0.25, 0.3) is 0 Å². The molecule has 6 nitrogen and oxygen atoms in total. The van der Waals surface area contributed by atoms with Crippen LogP contribution in [0.15, 0.2) is 46.1 Å². The molecule has 0 bridgehead atoms. The number of halogens is 1. The predicted molar refractivity (Wildman–Crippen MR) is 96.8 cm³/mol. The van der Waals surface area contributed by atoms with Crippen molar-refractivity contribution in [3.05, 3.63) is 48.0 Å². The van der Waals surface area contributed by atoms with Gasteiger partial charge in [-0.15, -0.1) is 24.0 Å². The van der Waals surface area contributed by atoms with E-state index in [-0.39, 0.29) is 24.0 Å². The highest BCUT2D eigenvalue weighted by Crippen LogP contribution is 2.06. The van der Waals surface area contributed by atoms with Gasteiger partial charge in [-0.05, 0) is 17.7 Å². The Labute approximate surface area is 147 Å². The summed E-state index contributed by atoms with van der Waals surface area (Å²) in [4.78, 5) is 8.34. The molecule has 2 aromatic heterocycles. The minimum atomic E-state index is 0. The SMILES string of the molecule is CN=C(NCCc1ccco1)NCc1ccc(OC)nc1.I. The highest BCUT2D eigenvalue weighted by Gasteiger charge is 2.00. The third-order valence-electron chi connectivity index (χ3n) is 2.93. The summed E-state index contributed by atoms with van der Waals surface area (Å²) in [6.45, 7) is 1.41. The van der Waals surface area contributed by atoms with Gasteiger partial charge in [-0.25, -0.2) is 4.98 Å². The Morgan fingerprint density at radius 1 is 1.32 bits per heavy atom. The van der Waals surface area contributed by atoms with Crippen LogP contribution in [-0.2, 0) is 13.0 Å². The molecule has 0 amide bonds. The largest absolute Gasteiger partial charge is 0.481 e. The zero-order chi connectivity index (χ0) is 14.9. The monoisotopic (exact) mass is 416 g/mol. The fraction of sp³-hybridized carbons (Fsp3) is 0.333. The van der Waals surface area contributed by atoms with Gasteiger partial charge in [-0.1, -0.05) is 6.07 Å². The number of rotatable bonds is 6. The van der Waals surface area contributed by atoms with E-state index in [2.05, 4.69) is 20.6 Å². The van der Waals surface area contributed by atoms with Crippen molar-refractivity contribution in [1.29, 1.82) is 0 Å². The molecule has 2 rings (SSSR count). The first-order chi connectivity index (χ1) is 10.3. The van der Waals surface area contributed by atoms with Crippen molar-refractivity contribution in [1.82, 2.24) is 15.6 Å². The second kappa shape index (κ2) is 10.0. The van der Waals surface area contributed by atoms with Gasteiger partial charge in [0.15, 0.2) is 5.96 Å². The lowest BCUT2D eigenvalue weighted by Crippen LogP contribution is -2.37. The second-order valence-corrected chi connectivity index (χ2v) is 4.39. The van der Waals surface area contributed by atoms with Gasteiger partial charge in [0.05, 0.1) is 13.4 Å². The Bertz CT molecular complexity index is 555. The lowest BCUT2D eigenvalue weighted by molar-refractivity contribution is 0.397. The van der Waals surface area contributed by atoms with Crippen LogP contribution < -0.4 is 15.4 Å². The number of guanidine groups is 1. The number of nitrogens with one attached hydrogen (secondary N) is 2. The fourth-order valence-electron chi connectivity index (χ4n) is 1.80. The number of aliphatic imine (C=N–C) groups is 1. The zero-order valence-electron chi connectivity index (χ0n) is 12.7. The summed E-state index contributed by atoms with van der Waals surface area (Å²) < 4.78 is 10.3. The molecule has 0 aliphatic carbocycles. The number of nitrogens with zero attached hydrogens (tertiary/aromatic N) is 2. The Hall–Kier alpha value is -1.77. The average molecular weight is 416 g/mol. The van der Waals surface area contributed by atoms with Gasteiger partial charge in [-0.3, -0.25) is 4.99 Å². The van der Waals surface area contributed by atoms with Crippen LogP contribution in [0, 0.1) is 0 Å². The summed E-state index contributed by atoms with van der Waals surface area (Å²) in [7, 11) is 3.35. The molecule has 2 N–H and O–H groups in total. The summed E-state index contributed by atoms with van der Waals surface area (Å²) in [6, 6.07) is 7.65. The van der Waals surface area contributed by atoms with Crippen molar-refractivity contribution in [3.8, 4) is 5.88 Å². The van der Waals surface area contributed by atoms with Gasteiger partial charge >= 0.3 is 0 Å². The summed E-state index contributed by atoms with van der Waals surface area (Å²) in [5, 5.41) is 6.47. The van der Waals surface area contributed by atoms with E-state index in [1.807, 2.05) is 24.3 Å². The minimum Gasteiger partial charge on any atom is -0.481 e. The molecule has 0 aliphatic rings. The molecule has 0 unspecified atom stereocenters. The van der Waals surface area contributed by atoms with E-state index in [0.717, 1.165) is 30.2 Å². The third-order valence-corrected chi connectivity index (χ3v) is 2.93. The molecule has 7 heteroatoms. The van der Waals surface area contributed by atoms with E-state index in [0.29, 0.717) is 12.4 Å². The zero-order valence-corrected chi connectivity index (χ0v) is 15.0. The fourth-order valence-corrected chi connectivity index (χ4v) is 1.80. The molecule has 0 aromatic carbocycles. The number of aromatic nitrogens is 1. The topological polar surface area (TPSA) is 71.7 Å².